The molecule has 1 saturated carbocycles. The van der Waals surface area contributed by atoms with E-state index in [1.807, 2.05) is 4.57 Å². The largest absolute Gasteiger partial charge is 0.388 e. The van der Waals surface area contributed by atoms with Crippen molar-refractivity contribution in [2.45, 2.75) is 56.8 Å². The van der Waals surface area contributed by atoms with Gasteiger partial charge < -0.3 is 15.0 Å². The van der Waals surface area contributed by atoms with Crippen molar-refractivity contribution in [3.05, 3.63) is 6.33 Å². The van der Waals surface area contributed by atoms with Crippen LogP contribution in [0.4, 0.5) is 0 Å². The molecule has 2 rings (SSSR count). The van der Waals surface area contributed by atoms with Crippen molar-refractivity contribution in [3.63, 3.8) is 0 Å². The number of rotatable bonds is 8. The zero-order valence-corrected chi connectivity index (χ0v) is 13.7. The average molecular weight is 312 g/mol. The summed E-state index contributed by atoms with van der Waals surface area (Å²) in [6.45, 7) is 6.14. The number of hydrogen-bond acceptors (Lipinski definition) is 5. The minimum absolute atomic E-state index is 0.0885. The Labute approximate surface area is 129 Å². The third kappa shape index (κ3) is 5.32. The summed E-state index contributed by atoms with van der Waals surface area (Å²) in [5, 5.41) is 21.7. The quantitative estimate of drug-likeness (QED) is 0.713. The van der Waals surface area contributed by atoms with Gasteiger partial charge in [0.1, 0.15) is 6.33 Å². The molecule has 0 radical (unpaired) electrons. The van der Waals surface area contributed by atoms with Gasteiger partial charge in [-0.3, -0.25) is 4.79 Å². The van der Waals surface area contributed by atoms with E-state index in [4.69, 9.17) is 0 Å². The lowest BCUT2D eigenvalue weighted by Gasteiger charge is -2.25. The molecule has 6 nitrogen and oxygen atoms in total. The average Bonchev–Trinajstić information content (AvgIpc) is 3.12. The maximum absolute atomic E-state index is 11.9. The van der Waals surface area contributed by atoms with Gasteiger partial charge in [0.25, 0.3) is 0 Å². The van der Waals surface area contributed by atoms with Crippen molar-refractivity contribution in [1.82, 2.24) is 20.1 Å². The van der Waals surface area contributed by atoms with Gasteiger partial charge in [-0.05, 0) is 32.1 Å². The first-order valence-corrected chi connectivity index (χ1v) is 8.37. The summed E-state index contributed by atoms with van der Waals surface area (Å²) in [7, 11) is 0. The van der Waals surface area contributed by atoms with Gasteiger partial charge in [-0.15, -0.1) is 10.2 Å². The lowest BCUT2D eigenvalue weighted by molar-refractivity contribution is -0.119. The number of aliphatic hydroxyl groups is 1. The fourth-order valence-electron chi connectivity index (χ4n) is 2.36. The van der Waals surface area contributed by atoms with E-state index < -0.39 is 5.60 Å². The Morgan fingerprint density at radius 2 is 2.33 bits per heavy atom. The summed E-state index contributed by atoms with van der Waals surface area (Å²) >= 11 is 1.39. The van der Waals surface area contributed by atoms with Crippen LogP contribution >= 0.6 is 11.8 Å². The molecule has 0 saturated heterocycles. The van der Waals surface area contributed by atoms with E-state index in [1.54, 1.807) is 13.3 Å². The molecule has 0 aliphatic heterocycles. The molecule has 1 aliphatic rings. The Morgan fingerprint density at radius 1 is 1.62 bits per heavy atom. The van der Waals surface area contributed by atoms with E-state index in [1.165, 1.54) is 11.8 Å². The van der Waals surface area contributed by atoms with Crippen LogP contribution in [0.1, 0.15) is 46.1 Å². The van der Waals surface area contributed by atoms with Crippen LogP contribution in [0.2, 0.25) is 0 Å². The highest BCUT2D eigenvalue weighted by atomic mass is 32.2. The maximum Gasteiger partial charge on any atom is 0.230 e. The molecule has 0 bridgehead atoms. The normalized spacial score (nSPS) is 17.8. The van der Waals surface area contributed by atoms with E-state index in [0.29, 0.717) is 24.1 Å². The van der Waals surface area contributed by atoms with Gasteiger partial charge in [0.15, 0.2) is 5.16 Å². The Kier molecular flexibility index (Phi) is 5.27. The molecule has 7 heteroatoms. The van der Waals surface area contributed by atoms with Crippen molar-refractivity contribution in [2.75, 3.05) is 12.3 Å². The van der Waals surface area contributed by atoms with Crippen molar-refractivity contribution in [2.24, 2.45) is 5.92 Å². The third-order valence-electron chi connectivity index (χ3n) is 3.33. The van der Waals surface area contributed by atoms with Crippen LogP contribution in [0.15, 0.2) is 11.5 Å². The highest BCUT2D eigenvalue weighted by Gasteiger charge is 2.27. The minimum atomic E-state index is -0.859. The standard InChI is InChI=1S/C14H24N4O2S/c1-10(2)6-14(3,20)8-15-12(19)7-21-13-17-16-9-18(13)11-4-5-11/h9-11,20H,4-8H2,1-3H3,(H,15,19). The van der Waals surface area contributed by atoms with Crippen LogP contribution < -0.4 is 5.32 Å². The van der Waals surface area contributed by atoms with E-state index in [2.05, 4.69) is 29.4 Å². The topological polar surface area (TPSA) is 80.0 Å². The van der Waals surface area contributed by atoms with E-state index in [9.17, 15) is 9.90 Å². The summed E-state index contributed by atoms with van der Waals surface area (Å²) in [5.74, 6) is 0.598. The second kappa shape index (κ2) is 6.79. The van der Waals surface area contributed by atoms with E-state index in [-0.39, 0.29) is 12.5 Å². The number of carbonyl (C=O) groups excluding carboxylic acids is 1. The second-order valence-corrected chi connectivity index (χ2v) is 7.35. The molecule has 21 heavy (non-hydrogen) atoms. The van der Waals surface area contributed by atoms with Crippen LogP contribution in [-0.4, -0.2) is 43.7 Å². The summed E-state index contributed by atoms with van der Waals surface area (Å²) in [4.78, 5) is 11.9. The van der Waals surface area contributed by atoms with Crippen LogP contribution in [0.5, 0.6) is 0 Å². The van der Waals surface area contributed by atoms with Crippen LogP contribution in [0.25, 0.3) is 0 Å². The molecule has 118 valence electrons. The molecule has 1 aliphatic carbocycles. The molecule has 1 aromatic rings. The van der Waals surface area contributed by atoms with Gasteiger partial charge in [0.05, 0.1) is 11.4 Å². The lowest BCUT2D eigenvalue weighted by atomic mass is 9.94. The molecule has 0 aromatic carbocycles. The zero-order valence-electron chi connectivity index (χ0n) is 12.9. The first-order valence-electron chi connectivity index (χ1n) is 7.39. The smallest absolute Gasteiger partial charge is 0.230 e. The Balaban J connectivity index is 1.73. The van der Waals surface area contributed by atoms with Crippen molar-refractivity contribution in [3.8, 4) is 0 Å². The number of thioether (sulfide) groups is 1. The molecular formula is C14H24N4O2S. The minimum Gasteiger partial charge on any atom is -0.388 e. The summed E-state index contributed by atoms with van der Waals surface area (Å²) in [6, 6.07) is 0.511. The SMILES string of the molecule is CC(C)CC(C)(O)CNC(=O)CSc1nncn1C1CC1. The molecule has 1 unspecified atom stereocenters. The molecule has 1 heterocycles. The summed E-state index contributed by atoms with van der Waals surface area (Å²) < 4.78 is 2.03. The zero-order chi connectivity index (χ0) is 15.5. The van der Waals surface area contributed by atoms with Crippen LogP contribution in [-0.2, 0) is 4.79 Å². The van der Waals surface area contributed by atoms with Gasteiger partial charge in [0, 0.05) is 12.6 Å². The maximum atomic E-state index is 11.9. The van der Waals surface area contributed by atoms with Gasteiger partial charge in [-0.1, -0.05) is 25.6 Å². The highest BCUT2D eigenvalue weighted by Crippen LogP contribution is 2.37. The number of carbonyl (C=O) groups is 1. The van der Waals surface area contributed by atoms with Crippen molar-refractivity contribution >= 4 is 17.7 Å². The Bertz CT molecular complexity index is 483. The first kappa shape index (κ1) is 16.3. The molecule has 2 N–H and O–H groups in total. The molecule has 1 aromatic heterocycles. The van der Waals surface area contributed by atoms with Gasteiger partial charge in [0.2, 0.25) is 5.91 Å². The highest BCUT2D eigenvalue weighted by molar-refractivity contribution is 7.99. The number of aromatic nitrogens is 3. The fraction of sp³-hybridized carbons (Fsp3) is 0.786. The fourth-order valence-corrected chi connectivity index (χ4v) is 3.17. The molecule has 0 spiro atoms. The molecule has 1 fully saturated rings. The van der Waals surface area contributed by atoms with Gasteiger partial charge in [-0.25, -0.2) is 0 Å². The number of nitrogens with zero attached hydrogens (tertiary/aromatic N) is 3. The second-order valence-electron chi connectivity index (χ2n) is 6.41. The van der Waals surface area contributed by atoms with E-state index >= 15 is 0 Å². The number of nitrogens with one attached hydrogen (secondary N) is 1. The predicted molar refractivity (Wildman–Crippen MR) is 82.1 cm³/mol. The molecule has 1 amide bonds. The van der Waals surface area contributed by atoms with Crippen molar-refractivity contribution < 1.29 is 9.90 Å². The molecular weight excluding hydrogens is 288 g/mol. The summed E-state index contributed by atoms with van der Waals surface area (Å²) in [5.41, 5.74) is -0.859. The van der Waals surface area contributed by atoms with E-state index in [0.717, 1.165) is 18.0 Å². The monoisotopic (exact) mass is 312 g/mol. The number of hydrogen-bond donors (Lipinski definition) is 2. The molecule has 1 atom stereocenters. The lowest BCUT2D eigenvalue weighted by Crippen LogP contribution is -2.42. The Morgan fingerprint density at radius 3 is 2.95 bits per heavy atom. The third-order valence-corrected chi connectivity index (χ3v) is 4.28. The van der Waals surface area contributed by atoms with Gasteiger partial charge >= 0.3 is 0 Å². The van der Waals surface area contributed by atoms with Gasteiger partial charge in [-0.2, -0.15) is 0 Å². The van der Waals surface area contributed by atoms with Crippen LogP contribution in [0, 0.1) is 5.92 Å². The van der Waals surface area contributed by atoms with Crippen LogP contribution in [0.3, 0.4) is 0 Å². The predicted octanol–water partition coefficient (Wildman–Crippen LogP) is 1.62. The first-order chi connectivity index (χ1) is 9.87. The summed E-state index contributed by atoms with van der Waals surface area (Å²) in [6.07, 6.45) is 4.72. The van der Waals surface area contributed by atoms with Crippen molar-refractivity contribution in [1.29, 1.82) is 0 Å². The Hall–Kier alpha value is -1.08. The number of amides is 1.